The third-order valence-electron chi connectivity index (χ3n) is 6.40. The minimum atomic E-state index is -4.18. The van der Waals surface area contributed by atoms with Crippen molar-refractivity contribution in [1.82, 2.24) is 14.6 Å². The molecule has 0 spiro atoms. The van der Waals surface area contributed by atoms with Crippen LogP contribution in [0.3, 0.4) is 0 Å². The lowest BCUT2D eigenvalue weighted by Crippen LogP contribution is -2.37. The first kappa shape index (κ1) is 28.7. The van der Waals surface area contributed by atoms with Gasteiger partial charge >= 0.3 is 19.4 Å². The van der Waals surface area contributed by atoms with E-state index in [9.17, 15) is 19.3 Å². The minimum Gasteiger partial charge on any atom is -0.464 e. The SMILES string of the molecule is CC(NP(=O)(OCC1OC(n2ccc(N)nc2=O)C(C)C1O)Oc1ccccc1)C(=O)OCC1C=CC=CC1. The lowest BCUT2D eigenvalue weighted by Gasteiger charge is -2.25. The zero-order valence-electron chi connectivity index (χ0n) is 21.7. The Kier molecular flexibility index (Phi) is 9.36. The van der Waals surface area contributed by atoms with Crippen LogP contribution in [-0.2, 0) is 23.4 Å². The number of aromatic nitrogens is 2. The van der Waals surface area contributed by atoms with E-state index in [1.807, 2.05) is 24.3 Å². The summed E-state index contributed by atoms with van der Waals surface area (Å²) in [5, 5.41) is 13.4. The quantitative estimate of drug-likeness (QED) is 0.273. The number of nitrogens with zero attached hydrogens (tertiary/aromatic N) is 2. The third kappa shape index (κ3) is 7.43. The van der Waals surface area contributed by atoms with Crippen molar-refractivity contribution < 1.29 is 33.0 Å². The number of aliphatic hydroxyl groups is 1. The molecule has 1 aromatic heterocycles. The van der Waals surface area contributed by atoms with Crippen LogP contribution >= 0.6 is 7.75 Å². The molecule has 210 valence electrons. The number of rotatable bonds is 11. The molecule has 7 unspecified atom stereocenters. The second kappa shape index (κ2) is 12.7. The van der Waals surface area contributed by atoms with Crippen LogP contribution in [0.1, 0.15) is 26.5 Å². The predicted octanol–water partition coefficient (Wildman–Crippen LogP) is 2.58. The van der Waals surface area contributed by atoms with Gasteiger partial charge < -0.3 is 24.8 Å². The molecular weight excluding hydrogens is 527 g/mol. The van der Waals surface area contributed by atoms with Crippen LogP contribution in [0.15, 0.2) is 71.7 Å². The van der Waals surface area contributed by atoms with E-state index in [1.54, 1.807) is 37.3 Å². The highest BCUT2D eigenvalue weighted by molar-refractivity contribution is 7.52. The molecule has 2 aliphatic rings. The second-order valence-electron chi connectivity index (χ2n) is 9.44. The van der Waals surface area contributed by atoms with Crippen LogP contribution in [0.25, 0.3) is 0 Å². The van der Waals surface area contributed by atoms with E-state index in [0.717, 1.165) is 6.42 Å². The van der Waals surface area contributed by atoms with Gasteiger partial charge in [0.15, 0.2) is 0 Å². The average Bonchev–Trinajstić information content (AvgIpc) is 3.20. The number of nitrogens with two attached hydrogens (primary N) is 1. The van der Waals surface area contributed by atoms with E-state index in [4.69, 9.17) is 24.3 Å². The van der Waals surface area contributed by atoms with Gasteiger partial charge in [0.25, 0.3) is 0 Å². The van der Waals surface area contributed by atoms with E-state index < -0.39 is 49.8 Å². The molecule has 0 amide bonds. The maximum Gasteiger partial charge on any atom is 0.459 e. The number of nitrogen functional groups attached to an aromatic ring is 1. The number of hydrogen-bond donors (Lipinski definition) is 3. The second-order valence-corrected chi connectivity index (χ2v) is 11.1. The van der Waals surface area contributed by atoms with Gasteiger partial charge in [0.1, 0.15) is 29.9 Å². The summed E-state index contributed by atoms with van der Waals surface area (Å²) in [7, 11) is -4.18. The molecule has 1 saturated heterocycles. The number of esters is 1. The van der Waals surface area contributed by atoms with Crippen molar-refractivity contribution in [3.05, 3.63) is 77.4 Å². The summed E-state index contributed by atoms with van der Waals surface area (Å²) in [6, 6.07) is 8.73. The number of carbonyl (C=O) groups excluding carboxylic acids is 1. The van der Waals surface area contributed by atoms with Gasteiger partial charge in [0.2, 0.25) is 0 Å². The zero-order valence-corrected chi connectivity index (χ0v) is 22.6. The Morgan fingerprint density at radius 3 is 2.74 bits per heavy atom. The van der Waals surface area contributed by atoms with E-state index in [0.29, 0.717) is 0 Å². The Morgan fingerprint density at radius 1 is 1.28 bits per heavy atom. The standard InChI is InChI=1S/C26H33N4O8P/c1-17-23(31)21(37-24(17)30-14-13-22(27)28-26(30)33)16-36-39(34,38-20-11-7-4-8-12-20)29-18(2)25(32)35-15-19-9-5-3-6-10-19/h3-9,11-14,17-19,21,23-24,31H,10,15-16H2,1-2H3,(H,29,34)(H2,27,28,33). The van der Waals surface area contributed by atoms with E-state index >= 15 is 0 Å². The Hall–Kier alpha value is -3.28. The monoisotopic (exact) mass is 560 g/mol. The number of aliphatic hydroxyl groups excluding tert-OH is 1. The Labute approximate surface area is 226 Å². The molecule has 4 N–H and O–H groups in total. The summed E-state index contributed by atoms with van der Waals surface area (Å²) in [4.78, 5) is 28.7. The highest BCUT2D eigenvalue weighted by atomic mass is 31.2. The van der Waals surface area contributed by atoms with Crippen molar-refractivity contribution in [2.24, 2.45) is 11.8 Å². The van der Waals surface area contributed by atoms with Gasteiger partial charge in [0, 0.05) is 18.0 Å². The molecule has 1 aliphatic heterocycles. The Morgan fingerprint density at radius 2 is 2.05 bits per heavy atom. The van der Waals surface area contributed by atoms with Crippen LogP contribution in [0.2, 0.25) is 0 Å². The normalized spacial score (nSPS) is 26.6. The molecule has 39 heavy (non-hydrogen) atoms. The van der Waals surface area contributed by atoms with Crippen molar-refractivity contribution in [3.8, 4) is 5.75 Å². The fourth-order valence-electron chi connectivity index (χ4n) is 4.21. The fourth-order valence-corrected chi connectivity index (χ4v) is 5.71. The molecule has 1 aromatic carbocycles. The summed E-state index contributed by atoms with van der Waals surface area (Å²) >= 11 is 0. The lowest BCUT2D eigenvalue weighted by atomic mass is 10.0. The largest absolute Gasteiger partial charge is 0.464 e. The molecule has 2 aromatic rings. The summed E-state index contributed by atoms with van der Waals surface area (Å²) < 4.78 is 37.6. The summed E-state index contributed by atoms with van der Waals surface area (Å²) in [5.74, 6) is -0.783. The van der Waals surface area contributed by atoms with Gasteiger partial charge in [-0.3, -0.25) is 13.9 Å². The number of carbonyl (C=O) groups is 1. The number of nitrogens with one attached hydrogen (secondary N) is 1. The van der Waals surface area contributed by atoms with Crippen molar-refractivity contribution in [2.45, 2.75) is 44.7 Å². The number of benzene rings is 1. The molecule has 0 radical (unpaired) electrons. The lowest BCUT2D eigenvalue weighted by molar-refractivity contribution is -0.146. The number of para-hydroxylation sites is 1. The zero-order chi connectivity index (χ0) is 28.0. The maximum atomic E-state index is 13.8. The van der Waals surface area contributed by atoms with Crippen LogP contribution in [-0.4, -0.2) is 52.1 Å². The van der Waals surface area contributed by atoms with Gasteiger partial charge in [-0.1, -0.05) is 49.4 Å². The topological polar surface area (TPSA) is 164 Å². The molecule has 4 rings (SSSR count). The van der Waals surface area contributed by atoms with Crippen LogP contribution in [0.5, 0.6) is 5.75 Å². The maximum absolute atomic E-state index is 13.8. The highest BCUT2D eigenvalue weighted by Crippen LogP contribution is 2.46. The Balaban J connectivity index is 1.43. The Bertz CT molecular complexity index is 1300. The molecule has 1 fully saturated rings. The average molecular weight is 561 g/mol. The molecule has 0 saturated carbocycles. The number of ether oxygens (including phenoxy) is 2. The number of hydrogen-bond acceptors (Lipinski definition) is 10. The number of anilines is 1. The van der Waals surface area contributed by atoms with Crippen molar-refractivity contribution in [3.63, 3.8) is 0 Å². The smallest absolute Gasteiger partial charge is 0.459 e. The van der Waals surface area contributed by atoms with Crippen molar-refractivity contribution >= 4 is 19.5 Å². The van der Waals surface area contributed by atoms with Gasteiger partial charge in [0.05, 0.1) is 19.3 Å². The molecule has 1 aliphatic carbocycles. The molecule has 0 bridgehead atoms. The van der Waals surface area contributed by atoms with E-state index in [-0.39, 0.29) is 30.7 Å². The molecule has 13 heteroatoms. The molecule has 2 heterocycles. The van der Waals surface area contributed by atoms with Crippen LogP contribution in [0.4, 0.5) is 5.82 Å². The summed E-state index contributed by atoms with van der Waals surface area (Å²) in [5.41, 5.74) is 4.93. The molecule has 12 nitrogen and oxygen atoms in total. The number of allylic oxidation sites excluding steroid dienone is 3. The first-order chi connectivity index (χ1) is 18.6. The molecular formula is C26H33N4O8P. The van der Waals surface area contributed by atoms with Gasteiger partial charge in [-0.2, -0.15) is 10.1 Å². The summed E-state index contributed by atoms with van der Waals surface area (Å²) in [6.45, 7) is 3.00. The highest BCUT2D eigenvalue weighted by Gasteiger charge is 2.44. The van der Waals surface area contributed by atoms with Gasteiger partial charge in [-0.15, -0.1) is 0 Å². The predicted molar refractivity (Wildman–Crippen MR) is 143 cm³/mol. The van der Waals surface area contributed by atoms with Crippen LogP contribution < -0.4 is 21.0 Å². The third-order valence-corrected chi connectivity index (χ3v) is 8.04. The van der Waals surface area contributed by atoms with Gasteiger partial charge in [-0.05, 0) is 31.5 Å². The van der Waals surface area contributed by atoms with E-state index in [1.165, 1.54) is 23.8 Å². The summed E-state index contributed by atoms with van der Waals surface area (Å²) in [6.07, 6.45) is 7.07. The van der Waals surface area contributed by atoms with E-state index in [2.05, 4.69) is 10.1 Å². The minimum absolute atomic E-state index is 0.0621. The van der Waals surface area contributed by atoms with Gasteiger partial charge in [-0.25, -0.2) is 9.36 Å². The van der Waals surface area contributed by atoms with Crippen LogP contribution in [0, 0.1) is 11.8 Å². The van der Waals surface area contributed by atoms with Crippen molar-refractivity contribution in [1.29, 1.82) is 0 Å². The molecule has 7 atom stereocenters. The van der Waals surface area contributed by atoms with Crippen molar-refractivity contribution in [2.75, 3.05) is 18.9 Å². The first-order valence-corrected chi connectivity index (χ1v) is 14.1. The first-order valence-electron chi connectivity index (χ1n) is 12.6. The fraction of sp³-hybridized carbons (Fsp3) is 0.423.